The summed E-state index contributed by atoms with van der Waals surface area (Å²) in [6.07, 6.45) is 2.93. The molecule has 7 heteroatoms. The predicted octanol–water partition coefficient (Wildman–Crippen LogP) is 5.96. The van der Waals surface area contributed by atoms with Crippen molar-refractivity contribution in [3.63, 3.8) is 0 Å². The molecule has 0 aliphatic heterocycles. The topological polar surface area (TPSA) is 70.9 Å². The minimum Gasteiger partial charge on any atom is -0.361 e. The summed E-state index contributed by atoms with van der Waals surface area (Å²) < 4.78 is 5.19. The van der Waals surface area contributed by atoms with Gasteiger partial charge in [-0.25, -0.2) is 0 Å². The molecular weight excluding hydrogens is 433 g/mol. The van der Waals surface area contributed by atoms with Crippen LogP contribution in [0.25, 0.3) is 10.9 Å². The lowest BCUT2D eigenvalue weighted by Gasteiger charge is -2.20. The molecule has 31 heavy (non-hydrogen) atoms. The molecule has 2 aromatic heterocycles. The van der Waals surface area contributed by atoms with E-state index in [-0.39, 0.29) is 11.8 Å². The van der Waals surface area contributed by atoms with Gasteiger partial charge in [0, 0.05) is 51.6 Å². The van der Waals surface area contributed by atoms with Crippen molar-refractivity contribution in [3.8, 4) is 0 Å². The number of benzene rings is 2. The number of nitrogens with one attached hydrogen (secondary N) is 2. The SMILES string of the molecule is Cc1noc(C)c1CCC(=O)NCC(c1ccc(Cl)cc1Cl)c1c[nH]c2ccccc12. The molecule has 0 saturated heterocycles. The molecule has 0 saturated carbocycles. The van der Waals surface area contributed by atoms with E-state index >= 15 is 0 Å². The Kier molecular flexibility index (Phi) is 6.35. The molecule has 1 amide bonds. The van der Waals surface area contributed by atoms with Gasteiger partial charge < -0.3 is 14.8 Å². The smallest absolute Gasteiger partial charge is 0.220 e. The highest BCUT2D eigenvalue weighted by molar-refractivity contribution is 6.35. The Balaban J connectivity index is 1.56. The van der Waals surface area contributed by atoms with Gasteiger partial charge in [0.15, 0.2) is 0 Å². The average molecular weight is 456 g/mol. The number of carbonyl (C=O) groups is 1. The van der Waals surface area contributed by atoms with Crippen LogP contribution in [-0.2, 0) is 11.2 Å². The minimum absolute atomic E-state index is 0.0325. The predicted molar refractivity (Wildman–Crippen MR) is 124 cm³/mol. The molecule has 2 heterocycles. The monoisotopic (exact) mass is 455 g/mol. The third kappa shape index (κ3) is 4.63. The number of para-hydroxylation sites is 1. The Hall–Kier alpha value is -2.76. The van der Waals surface area contributed by atoms with Crippen LogP contribution in [0.3, 0.4) is 0 Å². The van der Waals surface area contributed by atoms with E-state index in [1.54, 1.807) is 6.07 Å². The molecule has 0 aliphatic carbocycles. The van der Waals surface area contributed by atoms with Gasteiger partial charge in [-0.3, -0.25) is 4.79 Å². The maximum Gasteiger partial charge on any atom is 0.220 e. The lowest BCUT2D eigenvalue weighted by Crippen LogP contribution is -2.29. The van der Waals surface area contributed by atoms with Crippen molar-refractivity contribution in [1.29, 1.82) is 0 Å². The summed E-state index contributed by atoms with van der Waals surface area (Å²) in [5.74, 6) is 0.605. The number of aromatic amines is 1. The van der Waals surface area contributed by atoms with Crippen molar-refractivity contribution < 1.29 is 9.32 Å². The van der Waals surface area contributed by atoms with E-state index in [1.165, 1.54) is 0 Å². The lowest BCUT2D eigenvalue weighted by molar-refractivity contribution is -0.121. The number of amides is 1. The molecule has 0 bridgehead atoms. The Bertz CT molecular complexity index is 1210. The number of H-pyrrole nitrogens is 1. The van der Waals surface area contributed by atoms with Crippen molar-refractivity contribution in [2.75, 3.05) is 6.54 Å². The van der Waals surface area contributed by atoms with Crippen molar-refractivity contribution in [3.05, 3.63) is 86.9 Å². The number of hydrogen-bond donors (Lipinski definition) is 2. The van der Waals surface area contributed by atoms with Crippen LogP contribution < -0.4 is 5.32 Å². The number of aryl methyl sites for hydroxylation is 2. The maximum atomic E-state index is 12.6. The first-order chi connectivity index (χ1) is 14.9. The van der Waals surface area contributed by atoms with Crippen LogP contribution in [-0.4, -0.2) is 22.6 Å². The van der Waals surface area contributed by atoms with Gasteiger partial charge in [-0.05, 0) is 49.6 Å². The second-order valence-electron chi connectivity index (χ2n) is 7.61. The summed E-state index contributed by atoms with van der Waals surface area (Å²) in [4.78, 5) is 16.0. The summed E-state index contributed by atoms with van der Waals surface area (Å²) in [5.41, 5.74) is 4.85. The summed E-state index contributed by atoms with van der Waals surface area (Å²) in [7, 11) is 0. The van der Waals surface area contributed by atoms with Gasteiger partial charge in [-0.1, -0.05) is 52.6 Å². The van der Waals surface area contributed by atoms with Crippen LogP contribution in [0.15, 0.2) is 53.2 Å². The first-order valence-corrected chi connectivity index (χ1v) is 10.9. The molecule has 160 valence electrons. The summed E-state index contributed by atoms with van der Waals surface area (Å²) in [5, 5.41) is 9.29. The number of hydrogen-bond acceptors (Lipinski definition) is 3. The fraction of sp³-hybridized carbons (Fsp3) is 0.250. The van der Waals surface area contributed by atoms with Crippen LogP contribution in [0.5, 0.6) is 0 Å². The molecule has 4 rings (SSSR count). The average Bonchev–Trinajstić information content (AvgIpc) is 3.31. The Morgan fingerprint density at radius 1 is 1.16 bits per heavy atom. The molecule has 1 unspecified atom stereocenters. The fourth-order valence-corrected chi connectivity index (χ4v) is 4.50. The van der Waals surface area contributed by atoms with Gasteiger partial charge in [0.05, 0.1) is 5.69 Å². The molecule has 0 aliphatic rings. The van der Waals surface area contributed by atoms with Crippen LogP contribution in [0.1, 0.15) is 40.5 Å². The normalized spacial score (nSPS) is 12.3. The molecule has 0 radical (unpaired) electrons. The minimum atomic E-state index is -0.121. The summed E-state index contributed by atoms with van der Waals surface area (Å²) in [6.45, 7) is 4.17. The van der Waals surface area contributed by atoms with E-state index in [0.717, 1.165) is 39.0 Å². The quantitative estimate of drug-likeness (QED) is 0.361. The van der Waals surface area contributed by atoms with E-state index in [4.69, 9.17) is 27.7 Å². The first kappa shape index (κ1) is 21.5. The molecule has 2 N–H and O–H groups in total. The van der Waals surface area contributed by atoms with Crippen LogP contribution in [0.2, 0.25) is 10.0 Å². The first-order valence-electron chi connectivity index (χ1n) is 10.1. The van der Waals surface area contributed by atoms with Crippen molar-refractivity contribution >= 4 is 40.0 Å². The van der Waals surface area contributed by atoms with Gasteiger partial charge in [-0.2, -0.15) is 0 Å². The van der Waals surface area contributed by atoms with Gasteiger partial charge in [0.2, 0.25) is 5.91 Å². The zero-order valence-electron chi connectivity index (χ0n) is 17.3. The summed E-state index contributed by atoms with van der Waals surface area (Å²) in [6, 6.07) is 13.6. The standard InChI is InChI=1S/C24H23Cl2N3O2/c1-14-17(15(2)31-29-14)9-10-24(30)28-13-20(18-8-7-16(25)11-22(18)26)21-12-27-23-6-4-3-5-19(21)23/h3-8,11-12,20,27H,9-10,13H2,1-2H3,(H,28,30). The summed E-state index contributed by atoms with van der Waals surface area (Å²) >= 11 is 12.7. The molecule has 0 fully saturated rings. The van der Waals surface area contributed by atoms with Crippen molar-refractivity contribution in [2.24, 2.45) is 0 Å². The van der Waals surface area contributed by atoms with Crippen LogP contribution in [0, 0.1) is 13.8 Å². The van der Waals surface area contributed by atoms with Crippen LogP contribution >= 0.6 is 23.2 Å². The van der Waals surface area contributed by atoms with Crippen molar-refractivity contribution in [1.82, 2.24) is 15.5 Å². The lowest BCUT2D eigenvalue weighted by atomic mass is 9.90. The van der Waals surface area contributed by atoms with E-state index in [9.17, 15) is 4.79 Å². The number of carbonyl (C=O) groups excluding carboxylic acids is 1. The zero-order chi connectivity index (χ0) is 22.0. The fourth-order valence-electron chi connectivity index (χ4n) is 3.96. The number of halogens is 2. The van der Waals surface area contributed by atoms with Gasteiger partial charge in [-0.15, -0.1) is 0 Å². The largest absolute Gasteiger partial charge is 0.361 e. The second-order valence-corrected chi connectivity index (χ2v) is 8.46. The number of fused-ring (bicyclic) bond motifs is 1. The second kappa shape index (κ2) is 9.16. The number of nitrogens with zero attached hydrogens (tertiary/aromatic N) is 1. The third-order valence-corrected chi connectivity index (χ3v) is 6.18. The zero-order valence-corrected chi connectivity index (χ0v) is 18.8. The van der Waals surface area contributed by atoms with Crippen LogP contribution in [0.4, 0.5) is 0 Å². The van der Waals surface area contributed by atoms with E-state index in [1.807, 2.05) is 50.4 Å². The Labute approximate surface area is 190 Å². The van der Waals surface area contributed by atoms with Gasteiger partial charge in [0.25, 0.3) is 0 Å². The number of rotatable bonds is 7. The number of aromatic nitrogens is 2. The Morgan fingerprint density at radius 2 is 1.97 bits per heavy atom. The molecule has 4 aromatic rings. The van der Waals surface area contributed by atoms with E-state index in [0.29, 0.717) is 29.4 Å². The Morgan fingerprint density at radius 3 is 2.71 bits per heavy atom. The highest BCUT2D eigenvalue weighted by Gasteiger charge is 2.22. The van der Waals surface area contributed by atoms with Gasteiger partial charge in [0.1, 0.15) is 5.76 Å². The third-order valence-electron chi connectivity index (χ3n) is 5.62. The molecular formula is C24H23Cl2N3O2. The van der Waals surface area contributed by atoms with Crippen molar-refractivity contribution in [2.45, 2.75) is 32.6 Å². The highest BCUT2D eigenvalue weighted by atomic mass is 35.5. The molecule has 1 atom stereocenters. The highest BCUT2D eigenvalue weighted by Crippen LogP contribution is 2.35. The van der Waals surface area contributed by atoms with E-state index in [2.05, 4.69) is 21.5 Å². The molecule has 2 aromatic carbocycles. The molecule has 5 nitrogen and oxygen atoms in total. The maximum absolute atomic E-state index is 12.6. The molecule has 0 spiro atoms. The van der Waals surface area contributed by atoms with Gasteiger partial charge >= 0.3 is 0 Å². The van der Waals surface area contributed by atoms with E-state index < -0.39 is 0 Å².